The fraction of sp³-hybridized carbons (Fsp3) is 0.526. The van der Waals surface area contributed by atoms with E-state index in [-0.39, 0.29) is 30.3 Å². The Hall–Kier alpha value is -2.57. The predicted molar refractivity (Wildman–Crippen MR) is 93.9 cm³/mol. The highest BCUT2D eigenvalue weighted by molar-refractivity contribution is 5.94. The lowest BCUT2D eigenvalue weighted by Crippen LogP contribution is -2.37. The van der Waals surface area contributed by atoms with Crippen molar-refractivity contribution in [2.45, 2.75) is 32.6 Å². The van der Waals surface area contributed by atoms with Crippen molar-refractivity contribution < 1.29 is 28.6 Å². The maximum atomic E-state index is 12.3. The molecule has 0 radical (unpaired) electrons. The van der Waals surface area contributed by atoms with Crippen molar-refractivity contribution >= 4 is 18.0 Å². The Balaban J connectivity index is 1.88. The van der Waals surface area contributed by atoms with Gasteiger partial charge < -0.3 is 19.5 Å². The highest BCUT2D eigenvalue weighted by Gasteiger charge is 2.31. The lowest BCUT2D eigenvalue weighted by atomic mass is 9.79. The van der Waals surface area contributed by atoms with Crippen molar-refractivity contribution in [3.8, 4) is 5.75 Å². The number of amides is 1. The van der Waals surface area contributed by atoms with Gasteiger partial charge in [-0.15, -0.1) is 0 Å². The van der Waals surface area contributed by atoms with Crippen molar-refractivity contribution in [3.05, 3.63) is 29.8 Å². The fourth-order valence-corrected chi connectivity index (χ4v) is 3.16. The SMILES string of the molecule is CCOC(=O)Oc1ccc(C(=O)NCC2CCCCC2C(=O)OC)cc1. The van der Waals surface area contributed by atoms with Crippen molar-refractivity contribution in [2.24, 2.45) is 11.8 Å². The maximum absolute atomic E-state index is 12.3. The molecule has 1 saturated carbocycles. The number of nitrogens with one attached hydrogen (secondary N) is 1. The molecule has 1 aliphatic carbocycles. The van der Waals surface area contributed by atoms with Crippen LogP contribution in [0, 0.1) is 11.8 Å². The summed E-state index contributed by atoms with van der Waals surface area (Å²) in [6.45, 7) is 2.35. The van der Waals surface area contributed by atoms with E-state index in [0.29, 0.717) is 17.9 Å². The molecule has 2 rings (SSSR count). The van der Waals surface area contributed by atoms with Crippen molar-refractivity contribution in [1.29, 1.82) is 0 Å². The molecule has 7 heteroatoms. The molecule has 0 aliphatic heterocycles. The second-order valence-electron chi connectivity index (χ2n) is 6.19. The van der Waals surface area contributed by atoms with Gasteiger partial charge in [-0.2, -0.15) is 0 Å². The second-order valence-corrected chi connectivity index (χ2v) is 6.19. The van der Waals surface area contributed by atoms with Gasteiger partial charge in [0.2, 0.25) is 0 Å². The van der Waals surface area contributed by atoms with Crippen LogP contribution >= 0.6 is 0 Å². The first-order valence-corrected chi connectivity index (χ1v) is 8.85. The highest BCUT2D eigenvalue weighted by Crippen LogP contribution is 2.30. The number of rotatable bonds is 6. The quantitative estimate of drug-likeness (QED) is 0.617. The summed E-state index contributed by atoms with van der Waals surface area (Å²) in [7, 11) is 1.40. The zero-order valence-corrected chi connectivity index (χ0v) is 15.2. The van der Waals surface area contributed by atoms with Gasteiger partial charge in [-0.05, 0) is 49.9 Å². The van der Waals surface area contributed by atoms with Crippen LogP contribution in [0.25, 0.3) is 0 Å². The van der Waals surface area contributed by atoms with Crippen LogP contribution in [0.4, 0.5) is 4.79 Å². The van der Waals surface area contributed by atoms with Crippen molar-refractivity contribution in [1.82, 2.24) is 5.32 Å². The lowest BCUT2D eigenvalue weighted by Gasteiger charge is -2.29. The summed E-state index contributed by atoms with van der Waals surface area (Å²) in [6.07, 6.45) is 2.97. The normalized spacial score (nSPS) is 19.3. The molecular weight excluding hydrogens is 338 g/mol. The van der Waals surface area contributed by atoms with E-state index in [1.807, 2.05) is 0 Å². The third-order valence-corrected chi connectivity index (χ3v) is 4.52. The summed E-state index contributed by atoms with van der Waals surface area (Å²) in [4.78, 5) is 35.4. The third kappa shape index (κ3) is 5.47. The number of carbonyl (C=O) groups excluding carboxylic acids is 3. The zero-order valence-electron chi connectivity index (χ0n) is 15.2. The van der Waals surface area contributed by atoms with Gasteiger partial charge >= 0.3 is 12.1 Å². The van der Waals surface area contributed by atoms with Crippen LogP contribution in [0.15, 0.2) is 24.3 Å². The first-order valence-electron chi connectivity index (χ1n) is 8.85. The molecular formula is C19H25NO6. The minimum absolute atomic E-state index is 0.0894. The van der Waals surface area contributed by atoms with Crippen LogP contribution in [0.2, 0.25) is 0 Å². The Morgan fingerprint density at radius 1 is 1.12 bits per heavy atom. The van der Waals surface area contributed by atoms with Crippen LogP contribution in [-0.2, 0) is 14.3 Å². The molecule has 1 N–H and O–H groups in total. The minimum Gasteiger partial charge on any atom is -0.469 e. The molecule has 7 nitrogen and oxygen atoms in total. The molecule has 0 spiro atoms. The summed E-state index contributed by atoms with van der Waals surface area (Å²) in [5.41, 5.74) is 0.451. The standard InChI is InChI=1S/C19H25NO6/c1-3-25-19(23)26-15-10-8-13(9-11-15)17(21)20-12-14-6-4-5-7-16(14)18(22)24-2/h8-11,14,16H,3-7,12H2,1-2H3,(H,20,21). The molecule has 142 valence electrons. The van der Waals surface area contributed by atoms with E-state index in [2.05, 4.69) is 10.1 Å². The van der Waals surface area contributed by atoms with E-state index < -0.39 is 6.16 Å². The van der Waals surface area contributed by atoms with Gasteiger partial charge in [0.1, 0.15) is 5.75 Å². The maximum Gasteiger partial charge on any atom is 0.513 e. The van der Waals surface area contributed by atoms with E-state index in [4.69, 9.17) is 9.47 Å². The molecule has 0 aromatic heterocycles. The van der Waals surface area contributed by atoms with Gasteiger partial charge in [0.05, 0.1) is 19.6 Å². The largest absolute Gasteiger partial charge is 0.513 e. The van der Waals surface area contributed by atoms with Gasteiger partial charge in [0.15, 0.2) is 0 Å². The van der Waals surface area contributed by atoms with Crippen LogP contribution in [0.1, 0.15) is 43.0 Å². The number of hydrogen-bond donors (Lipinski definition) is 1. The molecule has 0 saturated heterocycles. The van der Waals surface area contributed by atoms with Gasteiger partial charge in [0.25, 0.3) is 5.91 Å². The number of hydrogen-bond acceptors (Lipinski definition) is 6. The molecule has 1 aromatic rings. The highest BCUT2D eigenvalue weighted by atomic mass is 16.7. The second kappa shape index (κ2) is 9.79. The number of benzene rings is 1. The number of carbonyl (C=O) groups is 3. The van der Waals surface area contributed by atoms with Crippen LogP contribution < -0.4 is 10.1 Å². The zero-order chi connectivity index (χ0) is 18.9. The van der Waals surface area contributed by atoms with Crippen molar-refractivity contribution in [3.63, 3.8) is 0 Å². The molecule has 2 atom stereocenters. The van der Waals surface area contributed by atoms with Gasteiger partial charge in [-0.3, -0.25) is 9.59 Å². The summed E-state index contributed by atoms with van der Waals surface area (Å²) in [6, 6.07) is 6.21. The Bertz CT molecular complexity index is 627. The van der Waals surface area contributed by atoms with Crippen LogP contribution in [0.3, 0.4) is 0 Å². The van der Waals surface area contributed by atoms with Crippen LogP contribution in [0.5, 0.6) is 5.75 Å². The summed E-state index contributed by atoms with van der Waals surface area (Å²) in [5.74, 6) is -0.203. The molecule has 1 fully saturated rings. The third-order valence-electron chi connectivity index (χ3n) is 4.52. The smallest absolute Gasteiger partial charge is 0.469 e. The molecule has 1 amide bonds. The average molecular weight is 363 g/mol. The average Bonchev–Trinajstić information content (AvgIpc) is 2.66. The topological polar surface area (TPSA) is 90.9 Å². The van der Waals surface area contributed by atoms with Gasteiger partial charge in [-0.25, -0.2) is 4.79 Å². The number of ether oxygens (including phenoxy) is 3. The fourth-order valence-electron chi connectivity index (χ4n) is 3.16. The lowest BCUT2D eigenvalue weighted by molar-refractivity contribution is -0.148. The molecule has 0 heterocycles. The Kier molecular flexibility index (Phi) is 7.44. The first kappa shape index (κ1) is 19.8. The summed E-state index contributed by atoms with van der Waals surface area (Å²) >= 11 is 0. The monoisotopic (exact) mass is 363 g/mol. The van der Waals surface area contributed by atoms with E-state index in [9.17, 15) is 14.4 Å². The van der Waals surface area contributed by atoms with Crippen molar-refractivity contribution in [2.75, 3.05) is 20.3 Å². The summed E-state index contributed by atoms with van der Waals surface area (Å²) in [5, 5.41) is 2.88. The molecule has 26 heavy (non-hydrogen) atoms. The molecule has 2 unspecified atom stereocenters. The minimum atomic E-state index is -0.782. The summed E-state index contributed by atoms with van der Waals surface area (Å²) < 4.78 is 14.5. The number of esters is 1. The first-order chi connectivity index (χ1) is 12.5. The Labute approximate surface area is 153 Å². The predicted octanol–water partition coefficient (Wildman–Crippen LogP) is 2.93. The molecule has 1 aromatic carbocycles. The van der Waals surface area contributed by atoms with E-state index in [1.54, 1.807) is 19.1 Å². The number of methoxy groups -OCH3 is 1. The van der Waals surface area contributed by atoms with E-state index in [1.165, 1.54) is 19.2 Å². The molecule has 0 bridgehead atoms. The van der Waals surface area contributed by atoms with Gasteiger partial charge in [-0.1, -0.05) is 12.8 Å². The van der Waals surface area contributed by atoms with E-state index in [0.717, 1.165) is 25.7 Å². The van der Waals surface area contributed by atoms with Gasteiger partial charge in [0, 0.05) is 12.1 Å². The van der Waals surface area contributed by atoms with E-state index >= 15 is 0 Å². The van der Waals surface area contributed by atoms with Crippen LogP contribution in [-0.4, -0.2) is 38.3 Å². The Morgan fingerprint density at radius 2 is 1.81 bits per heavy atom. The Morgan fingerprint density at radius 3 is 2.46 bits per heavy atom. The molecule has 1 aliphatic rings.